The largest absolute Gasteiger partial charge is 0.481 e. The molecule has 0 aromatic heterocycles. The average molecular weight is 369 g/mol. The second kappa shape index (κ2) is 7.99. The van der Waals surface area contributed by atoms with Crippen molar-refractivity contribution in [2.45, 2.75) is 102 Å². The molecule has 2 N–H and O–H groups in total. The second-order valence-corrected chi connectivity index (χ2v) is 9.14. The van der Waals surface area contributed by atoms with Crippen LogP contribution in [0.25, 0.3) is 0 Å². The number of aliphatic carboxylic acids is 1. The minimum Gasteiger partial charge on any atom is -0.481 e. The van der Waals surface area contributed by atoms with E-state index in [9.17, 15) is 9.90 Å². The number of carboxylic acid groups (broad SMARTS) is 1. The highest BCUT2D eigenvalue weighted by atomic mass is 16.6. The van der Waals surface area contributed by atoms with Crippen molar-refractivity contribution in [1.82, 2.24) is 0 Å². The first kappa shape index (κ1) is 21.4. The highest BCUT2D eigenvalue weighted by Gasteiger charge is 2.54. The zero-order valence-corrected chi connectivity index (χ0v) is 17.0. The third kappa shape index (κ3) is 5.08. The molecule has 2 heterocycles. The fourth-order valence-corrected chi connectivity index (χ4v) is 4.11. The number of carboxylic acids is 1. The summed E-state index contributed by atoms with van der Waals surface area (Å²) in [5, 5.41) is 19.8. The smallest absolute Gasteiger partial charge is 0.306 e. The molecular formula is C21H36O5. The zero-order chi connectivity index (χ0) is 19.6. The molecular weight excluding hydrogens is 332 g/mol. The van der Waals surface area contributed by atoms with Gasteiger partial charge in [0, 0.05) is 0 Å². The first-order valence-electron chi connectivity index (χ1n) is 9.87. The number of rotatable bonds is 9. The summed E-state index contributed by atoms with van der Waals surface area (Å²) in [6.07, 6.45) is 7.12. The van der Waals surface area contributed by atoms with Crippen molar-refractivity contribution in [2.24, 2.45) is 5.92 Å². The van der Waals surface area contributed by atoms with E-state index in [0.29, 0.717) is 13.0 Å². The van der Waals surface area contributed by atoms with Crippen LogP contribution in [0.3, 0.4) is 0 Å². The molecule has 0 aliphatic carbocycles. The Labute approximate surface area is 157 Å². The van der Waals surface area contributed by atoms with Crippen LogP contribution in [0.2, 0.25) is 0 Å². The summed E-state index contributed by atoms with van der Waals surface area (Å²) in [5.41, 5.74) is -0.461. The number of carbonyl (C=O) groups is 1. The van der Waals surface area contributed by atoms with Gasteiger partial charge in [-0.2, -0.15) is 0 Å². The van der Waals surface area contributed by atoms with Crippen molar-refractivity contribution in [3.63, 3.8) is 0 Å². The van der Waals surface area contributed by atoms with Gasteiger partial charge in [-0.15, -0.1) is 0 Å². The van der Waals surface area contributed by atoms with Gasteiger partial charge in [-0.05, 0) is 65.7 Å². The monoisotopic (exact) mass is 368 g/mol. The van der Waals surface area contributed by atoms with Gasteiger partial charge < -0.3 is 19.7 Å². The maximum Gasteiger partial charge on any atom is 0.306 e. The number of hydrogen-bond acceptors (Lipinski definition) is 4. The molecule has 2 saturated heterocycles. The summed E-state index contributed by atoms with van der Waals surface area (Å²) in [6.45, 7) is 10.6. The van der Waals surface area contributed by atoms with Crippen LogP contribution in [0, 0.1) is 5.92 Å². The van der Waals surface area contributed by atoms with Crippen LogP contribution < -0.4 is 0 Å². The maximum atomic E-state index is 11.1. The van der Waals surface area contributed by atoms with Crippen LogP contribution in [0.1, 0.15) is 79.6 Å². The summed E-state index contributed by atoms with van der Waals surface area (Å²) >= 11 is 0. The number of ether oxygens (including phenoxy) is 2. The Kier molecular flexibility index (Phi) is 6.57. The van der Waals surface area contributed by atoms with E-state index in [0.717, 1.165) is 32.1 Å². The lowest BCUT2D eigenvalue weighted by Gasteiger charge is -2.44. The van der Waals surface area contributed by atoms with Crippen molar-refractivity contribution in [2.75, 3.05) is 6.61 Å². The topological polar surface area (TPSA) is 76.0 Å². The van der Waals surface area contributed by atoms with Gasteiger partial charge >= 0.3 is 5.97 Å². The number of allylic oxidation sites excluding steroid dienone is 1. The molecule has 5 heteroatoms. The van der Waals surface area contributed by atoms with Gasteiger partial charge in [0.1, 0.15) is 5.60 Å². The SMILES string of the molecule is CC(C)=CCC(C)(O)C(C)CCC[C@]1(C)OC[C@]2(CC(=O)O)CC[C@H]1O2. The van der Waals surface area contributed by atoms with E-state index in [1.54, 1.807) is 0 Å². The molecule has 2 unspecified atom stereocenters. The normalized spacial score (nSPS) is 34.2. The van der Waals surface area contributed by atoms with Crippen LogP contribution in [0.4, 0.5) is 0 Å². The minimum absolute atomic E-state index is 0.0177. The fraction of sp³-hybridized carbons (Fsp3) is 0.857. The molecule has 26 heavy (non-hydrogen) atoms. The fourth-order valence-electron chi connectivity index (χ4n) is 4.11. The molecule has 2 rings (SSSR count). The van der Waals surface area contributed by atoms with E-state index in [4.69, 9.17) is 14.6 Å². The summed E-state index contributed by atoms with van der Waals surface area (Å²) in [4.78, 5) is 11.1. The number of fused-ring (bicyclic) bond motifs is 2. The molecule has 2 bridgehead atoms. The first-order chi connectivity index (χ1) is 12.0. The zero-order valence-electron chi connectivity index (χ0n) is 17.0. The van der Waals surface area contributed by atoms with E-state index in [1.807, 2.05) is 20.8 Å². The Morgan fingerprint density at radius 1 is 1.42 bits per heavy atom. The van der Waals surface area contributed by atoms with Gasteiger partial charge in [-0.3, -0.25) is 4.79 Å². The van der Waals surface area contributed by atoms with Crippen LogP contribution >= 0.6 is 0 Å². The molecule has 2 aliphatic rings. The summed E-state index contributed by atoms with van der Waals surface area (Å²) in [5.74, 6) is -0.633. The minimum atomic E-state index is -0.828. The quantitative estimate of drug-likeness (QED) is 0.600. The lowest BCUT2D eigenvalue weighted by molar-refractivity contribution is -0.243. The summed E-state index contributed by atoms with van der Waals surface area (Å²) < 4.78 is 12.3. The molecule has 2 aliphatic heterocycles. The van der Waals surface area contributed by atoms with Crippen molar-refractivity contribution < 1.29 is 24.5 Å². The number of hydrogen-bond donors (Lipinski definition) is 2. The average Bonchev–Trinajstić information content (AvgIpc) is 2.90. The second-order valence-electron chi connectivity index (χ2n) is 9.14. The molecule has 150 valence electrons. The molecule has 0 amide bonds. The van der Waals surface area contributed by atoms with Crippen LogP contribution in [-0.2, 0) is 14.3 Å². The predicted molar refractivity (Wildman–Crippen MR) is 101 cm³/mol. The van der Waals surface area contributed by atoms with Gasteiger partial charge in [0.25, 0.3) is 0 Å². The van der Waals surface area contributed by atoms with Crippen molar-refractivity contribution in [1.29, 1.82) is 0 Å². The van der Waals surface area contributed by atoms with E-state index < -0.39 is 17.2 Å². The Hall–Kier alpha value is -0.910. The maximum absolute atomic E-state index is 11.1. The Morgan fingerprint density at radius 3 is 2.73 bits per heavy atom. The van der Waals surface area contributed by atoms with E-state index in [-0.39, 0.29) is 24.0 Å². The molecule has 5 nitrogen and oxygen atoms in total. The number of aliphatic hydroxyl groups is 1. The van der Waals surface area contributed by atoms with Gasteiger partial charge in [0.15, 0.2) is 0 Å². The molecule has 0 aromatic rings. The predicted octanol–water partition coefficient (Wildman–Crippen LogP) is 4.08. The Bertz CT molecular complexity index is 537. The Balaban J connectivity index is 1.84. The van der Waals surface area contributed by atoms with Crippen molar-refractivity contribution in [3.05, 3.63) is 11.6 Å². The van der Waals surface area contributed by atoms with Gasteiger partial charge in [-0.25, -0.2) is 0 Å². The van der Waals surface area contributed by atoms with Gasteiger partial charge in [-0.1, -0.05) is 25.0 Å². The van der Waals surface area contributed by atoms with E-state index in [1.165, 1.54) is 5.57 Å². The molecule has 0 saturated carbocycles. The first-order valence-corrected chi connectivity index (χ1v) is 9.87. The summed E-state index contributed by atoms with van der Waals surface area (Å²) in [6, 6.07) is 0. The van der Waals surface area contributed by atoms with E-state index in [2.05, 4.69) is 19.9 Å². The van der Waals surface area contributed by atoms with Gasteiger partial charge in [0.2, 0.25) is 0 Å². The van der Waals surface area contributed by atoms with Crippen molar-refractivity contribution in [3.8, 4) is 0 Å². The van der Waals surface area contributed by atoms with Crippen LogP contribution in [0.5, 0.6) is 0 Å². The highest BCUT2D eigenvalue weighted by molar-refractivity contribution is 5.68. The third-order valence-corrected chi connectivity index (χ3v) is 6.37. The third-order valence-electron chi connectivity index (χ3n) is 6.37. The highest BCUT2D eigenvalue weighted by Crippen LogP contribution is 2.46. The Morgan fingerprint density at radius 2 is 2.12 bits per heavy atom. The molecule has 2 fully saturated rings. The van der Waals surface area contributed by atoms with Crippen molar-refractivity contribution >= 4 is 5.97 Å². The lowest BCUT2D eigenvalue weighted by Crippen LogP contribution is -2.53. The molecule has 0 aromatic carbocycles. The molecule has 0 radical (unpaired) electrons. The summed E-state index contributed by atoms with van der Waals surface area (Å²) in [7, 11) is 0. The van der Waals surface area contributed by atoms with Gasteiger partial charge in [0.05, 0.1) is 30.3 Å². The lowest BCUT2D eigenvalue weighted by atomic mass is 9.82. The molecule has 0 spiro atoms. The van der Waals surface area contributed by atoms with Crippen LogP contribution in [0.15, 0.2) is 11.6 Å². The standard InChI is InChI=1S/C21H36O5/c1-15(2)8-11-19(4,24)16(3)7-6-10-20(5)17-9-12-21(26-17,14-25-20)13-18(22)23/h8,16-17,24H,6-7,9-14H2,1-5H3,(H,22,23)/t16?,17-,19?,20+,21-/m1/s1. The molecule has 5 atom stereocenters. The van der Waals surface area contributed by atoms with E-state index >= 15 is 0 Å². The van der Waals surface area contributed by atoms with Crippen LogP contribution in [-0.4, -0.2) is 45.7 Å².